The van der Waals surface area contributed by atoms with Crippen molar-refractivity contribution in [1.82, 2.24) is 20.4 Å². The summed E-state index contributed by atoms with van der Waals surface area (Å²) in [6, 6.07) is 0.208. The van der Waals surface area contributed by atoms with Crippen molar-refractivity contribution >= 4 is 11.8 Å². The number of carbonyl (C=O) groups is 2. The normalized spacial score (nSPS) is 17.8. The quantitative estimate of drug-likeness (QED) is 0.683. The van der Waals surface area contributed by atoms with Gasteiger partial charge in [0.05, 0.1) is 0 Å². The maximum Gasteiger partial charge on any atom is 0.227 e. The fourth-order valence-electron chi connectivity index (χ4n) is 4.10. The van der Waals surface area contributed by atoms with Crippen LogP contribution in [0.2, 0.25) is 0 Å². The summed E-state index contributed by atoms with van der Waals surface area (Å²) in [6.45, 7) is 7.92. The van der Waals surface area contributed by atoms with Crippen LogP contribution in [0.25, 0.3) is 0 Å². The molecule has 1 atom stereocenters. The van der Waals surface area contributed by atoms with Crippen LogP contribution in [0, 0.1) is 5.92 Å². The molecule has 1 N–H and O–H groups in total. The smallest absolute Gasteiger partial charge is 0.227 e. The Morgan fingerprint density at radius 3 is 2.39 bits per heavy atom. The van der Waals surface area contributed by atoms with Crippen molar-refractivity contribution in [3.63, 3.8) is 0 Å². The zero-order valence-corrected chi connectivity index (χ0v) is 18.1. The van der Waals surface area contributed by atoms with Crippen LogP contribution >= 0.6 is 0 Å². The van der Waals surface area contributed by atoms with Crippen LogP contribution in [0.1, 0.15) is 90.8 Å². The lowest BCUT2D eigenvalue weighted by Gasteiger charge is -2.30. The van der Waals surface area contributed by atoms with Crippen LogP contribution in [0.15, 0.2) is 4.52 Å². The third-order valence-electron chi connectivity index (χ3n) is 5.69. The van der Waals surface area contributed by atoms with Crippen molar-refractivity contribution in [3.05, 3.63) is 11.7 Å². The average molecular weight is 393 g/mol. The highest BCUT2D eigenvalue weighted by atomic mass is 16.5. The third kappa shape index (κ3) is 6.04. The highest BCUT2D eigenvalue weighted by molar-refractivity contribution is 5.76. The molecule has 1 unspecified atom stereocenters. The van der Waals surface area contributed by atoms with E-state index in [4.69, 9.17) is 4.52 Å². The van der Waals surface area contributed by atoms with E-state index in [-0.39, 0.29) is 17.9 Å². The van der Waals surface area contributed by atoms with E-state index in [0.717, 1.165) is 44.9 Å². The molecule has 2 rings (SSSR count). The Hall–Kier alpha value is -1.92. The molecule has 1 aliphatic rings. The van der Waals surface area contributed by atoms with Gasteiger partial charge in [-0.2, -0.15) is 4.98 Å². The first-order valence-corrected chi connectivity index (χ1v) is 10.6. The Kier molecular flexibility index (Phi) is 8.01. The van der Waals surface area contributed by atoms with Gasteiger partial charge in [-0.3, -0.25) is 9.59 Å². The largest absolute Gasteiger partial charge is 0.343 e. The standard InChI is InChI=1S/C21H36N4O3/c1-15(2)14-16(3)25(5)19(27)11-10-18-22-20(24-28-18)21(23-17(4)26)12-8-6-7-9-13-21/h15-16H,6-14H2,1-5H3,(H,23,26). The second kappa shape index (κ2) is 10.0. The molecule has 7 nitrogen and oxygen atoms in total. The van der Waals surface area contributed by atoms with Crippen molar-refractivity contribution in [2.45, 2.75) is 97.1 Å². The van der Waals surface area contributed by atoms with Gasteiger partial charge in [-0.25, -0.2) is 0 Å². The fraction of sp³-hybridized carbons (Fsp3) is 0.810. The summed E-state index contributed by atoms with van der Waals surface area (Å²) in [5.41, 5.74) is -0.545. The lowest BCUT2D eigenvalue weighted by molar-refractivity contribution is -0.132. The van der Waals surface area contributed by atoms with Gasteiger partial charge >= 0.3 is 0 Å². The molecule has 0 radical (unpaired) electrons. The maximum absolute atomic E-state index is 12.5. The van der Waals surface area contributed by atoms with Crippen molar-refractivity contribution in [2.24, 2.45) is 5.92 Å². The second-order valence-corrected chi connectivity index (χ2v) is 8.67. The Morgan fingerprint density at radius 1 is 1.18 bits per heavy atom. The number of aryl methyl sites for hydroxylation is 1. The molecule has 0 aliphatic heterocycles. The maximum atomic E-state index is 12.5. The molecule has 7 heteroatoms. The van der Waals surface area contributed by atoms with Gasteiger partial charge < -0.3 is 14.7 Å². The molecule has 0 bridgehead atoms. The molecule has 2 amide bonds. The molecule has 1 aliphatic carbocycles. The summed E-state index contributed by atoms with van der Waals surface area (Å²) in [7, 11) is 1.85. The van der Waals surface area contributed by atoms with E-state index in [9.17, 15) is 9.59 Å². The average Bonchev–Trinajstić information content (AvgIpc) is 2.98. The fourth-order valence-corrected chi connectivity index (χ4v) is 4.10. The number of rotatable bonds is 8. The van der Waals surface area contributed by atoms with Gasteiger partial charge in [0.2, 0.25) is 17.7 Å². The van der Waals surface area contributed by atoms with E-state index < -0.39 is 5.54 Å². The minimum absolute atomic E-state index is 0.0795. The third-order valence-corrected chi connectivity index (χ3v) is 5.69. The lowest BCUT2D eigenvalue weighted by atomic mass is 9.89. The summed E-state index contributed by atoms with van der Waals surface area (Å²) in [5.74, 6) is 1.56. The first-order valence-electron chi connectivity index (χ1n) is 10.6. The van der Waals surface area contributed by atoms with Gasteiger partial charge in [0.25, 0.3) is 0 Å². The van der Waals surface area contributed by atoms with Crippen LogP contribution in [0.5, 0.6) is 0 Å². The summed E-state index contributed by atoms with van der Waals surface area (Å²) in [4.78, 5) is 30.6. The Balaban J connectivity index is 2.01. The Labute approximate surface area is 168 Å². The van der Waals surface area contributed by atoms with Gasteiger partial charge in [0.15, 0.2) is 5.82 Å². The highest BCUT2D eigenvalue weighted by Gasteiger charge is 2.38. The second-order valence-electron chi connectivity index (χ2n) is 8.67. The molecular formula is C21H36N4O3. The zero-order valence-electron chi connectivity index (χ0n) is 18.1. The van der Waals surface area contributed by atoms with Gasteiger partial charge in [0, 0.05) is 32.9 Å². The van der Waals surface area contributed by atoms with Gasteiger partial charge in [-0.05, 0) is 32.1 Å². The number of aromatic nitrogens is 2. The molecule has 1 aromatic rings. The number of hydrogen-bond donors (Lipinski definition) is 1. The lowest BCUT2D eigenvalue weighted by Crippen LogP contribution is -2.45. The SMILES string of the molecule is CC(=O)NC1(c2noc(CCC(=O)N(C)C(C)CC(C)C)n2)CCCCCC1. The minimum atomic E-state index is -0.545. The predicted octanol–water partition coefficient (Wildman–Crippen LogP) is 3.58. The molecule has 0 saturated heterocycles. The summed E-state index contributed by atoms with van der Waals surface area (Å²) in [5, 5.41) is 7.26. The minimum Gasteiger partial charge on any atom is -0.343 e. The first kappa shape index (κ1) is 22.4. The number of hydrogen-bond acceptors (Lipinski definition) is 5. The van der Waals surface area contributed by atoms with Crippen molar-refractivity contribution in [3.8, 4) is 0 Å². The summed E-state index contributed by atoms with van der Waals surface area (Å²) >= 11 is 0. The Bertz CT molecular complexity index is 648. The molecule has 158 valence electrons. The molecule has 1 aromatic heterocycles. The topological polar surface area (TPSA) is 88.3 Å². The predicted molar refractivity (Wildman–Crippen MR) is 108 cm³/mol. The van der Waals surface area contributed by atoms with E-state index in [1.165, 1.54) is 6.92 Å². The van der Waals surface area contributed by atoms with E-state index in [1.54, 1.807) is 4.90 Å². The van der Waals surface area contributed by atoms with Crippen LogP contribution in [0.3, 0.4) is 0 Å². The van der Waals surface area contributed by atoms with Gasteiger partial charge in [-0.15, -0.1) is 0 Å². The number of nitrogens with one attached hydrogen (secondary N) is 1. The van der Waals surface area contributed by atoms with E-state index in [0.29, 0.717) is 30.5 Å². The number of carbonyl (C=O) groups excluding carboxylic acids is 2. The first-order chi connectivity index (χ1) is 13.2. The highest BCUT2D eigenvalue weighted by Crippen LogP contribution is 2.34. The summed E-state index contributed by atoms with van der Waals surface area (Å²) < 4.78 is 5.44. The monoisotopic (exact) mass is 392 g/mol. The van der Waals surface area contributed by atoms with Gasteiger partial charge in [0.1, 0.15) is 5.54 Å². The molecule has 1 saturated carbocycles. The van der Waals surface area contributed by atoms with Gasteiger partial charge in [-0.1, -0.05) is 44.7 Å². The van der Waals surface area contributed by atoms with Crippen LogP contribution < -0.4 is 5.32 Å². The number of amides is 2. The van der Waals surface area contributed by atoms with E-state index in [1.807, 2.05) is 7.05 Å². The Morgan fingerprint density at radius 2 is 1.82 bits per heavy atom. The molecule has 1 fully saturated rings. The van der Waals surface area contributed by atoms with Crippen molar-refractivity contribution in [2.75, 3.05) is 7.05 Å². The molecule has 28 heavy (non-hydrogen) atoms. The molecule has 0 spiro atoms. The van der Waals surface area contributed by atoms with E-state index in [2.05, 4.69) is 36.2 Å². The van der Waals surface area contributed by atoms with Crippen molar-refractivity contribution in [1.29, 1.82) is 0 Å². The summed E-state index contributed by atoms with van der Waals surface area (Å²) in [6.07, 6.45) is 7.74. The van der Waals surface area contributed by atoms with E-state index >= 15 is 0 Å². The zero-order chi connectivity index (χ0) is 20.7. The van der Waals surface area contributed by atoms with Crippen LogP contribution in [-0.2, 0) is 21.5 Å². The molecule has 1 heterocycles. The molecule has 0 aromatic carbocycles. The van der Waals surface area contributed by atoms with Crippen LogP contribution in [0.4, 0.5) is 0 Å². The van der Waals surface area contributed by atoms with Crippen LogP contribution in [-0.4, -0.2) is 39.9 Å². The number of nitrogens with zero attached hydrogens (tertiary/aromatic N) is 3. The van der Waals surface area contributed by atoms with Crippen molar-refractivity contribution < 1.29 is 14.1 Å². The molecular weight excluding hydrogens is 356 g/mol.